The molecule has 5 heterocycles. The number of allylic oxidation sites excluding steroid dienone is 8. The Balaban J connectivity index is 0.00000441. The number of benzene rings is 4. The molecule has 0 saturated carbocycles. The largest absolute Gasteiger partial charge is 0.660 e. The van der Waals surface area contributed by atoms with Crippen molar-refractivity contribution in [2.24, 2.45) is 15.0 Å². The Bertz CT molecular complexity index is 2750. The summed E-state index contributed by atoms with van der Waals surface area (Å²) in [5.74, 6) is -1.60. The van der Waals surface area contributed by atoms with Crippen LogP contribution >= 0.6 is 0 Å². The Morgan fingerprint density at radius 3 is 1.84 bits per heavy atom. The summed E-state index contributed by atoms with van der Waals surface area (Å²) < 4.78 is 0. The summed E-state index contributed by atoms with van der Waals surface area (Å²) in [5.41, 5.74) is 11.7. The molecular formula is C48H30N5O2Zn-. The molecule has 7 nitrogen and oxygen atoms in total. The summed E-state index contributed by atoms with van der Waals surface area (Å²) >= 11 is 0. The Kier molecular flexibility index (Phi) is 9.85. The summed E-state index contributed by atoms with van der Waals surface area (Å²) in [7, 11) is 0. The van der Waals surface area contributed by atoms with Crippen molar-refractivity contribution in [1.29, 1.82) is 5.26 Å². The van der Waals surface area contributed by atoms with Crippen molar-refractivity contribution >= 4 is 39.8 Å². The molecule has 1 unspecified atom stereocenters. The van der Waals surface area contributed by atoms with Crippen LogP contribution in [0.25, 0.3) is 16.7 Å². The Hall–Kier alpha value is -7.07. The third kappa shape index (κ3) is 6.66. The van der Waals surface area contributed by atoms with E-state index in [0.29, 0.717) is 34.0 Å². The van der Waals surface area contributed by atoms with Crippen molar-refractivity contribution in [3.63, 3.8) is 0 Å². The molecule has 8 heteroatoms. The van der Waals surface area contributed by atoms with E-state index < -0.39 is 11.5 Å². The van der Waals surface area contributed by atoms with Crippen LogP contribution in [0.4, 0.5) is 0 Å². The molecule has 4 aliphatic rings. The summed E-state index contributed by atoms with van der Waals surface area (Å²) in [4.78, 5) is 33.5. The molecule has 0 amide bonds. The molecule has 1 N–H and O–H groups in total. The van der Waals surface area contributed by atoms with Gasteiger partial charge in [0, 0.05) is 42.1 Å². The maximum absolute atomic E-state index is 12.3. The van der Waals surface area contributed by atoms with E-state index in [1.807, 2.05) is 134 Å². The zero-order valence-corrected chi connectivity index (χ0v) is 33.0. The fourth-order valence-corrected chi connectivity index (χ4v) is 7.38. The van der Waals surface area contributed by atoms with Gasteiger partial charge < -0.3 is 10.1 Å². The normalized spacial score (nSPS) is 19.8. The Morgan fingerprint density at radius 1 is 0.643 bits per heavy atom. The first kappa shape index (κ1) is 35.9. The summed E-state index contributed by atoms with van der Waals surface area (Å²) in [6, 6.07) is 46.0. The van der Waals surface area contributed by atoms with E-state index in [-0.39, 0.29) is 25.4 Å². The van der Waals surface area contributed by atoms with Crippen LogP contribution in [0.1, 0.15) is 39.6 Å². The second kappa shape index (κ2) is 15.4. The molecule has 1 atom stereocenters. The fourth-order valence-electron chi connectivity index (χ4n) is 7.38. The van der Waals surface area contributed by atoms with Crippen molar-refractivity contribution in [3.05, 3.63) is 232 Å². The number of nitrogens with zero attached hydrogens (tertiary/aromatic N) is 5. The van der Waals surface area contributed by atoms with E-state index >= 15 is 0 Å². The molecule has 0 fully saturated rings. The zero-order valence-electron chi connectivity index (χ0n) is 30.0. The van der Waals surface area contributed by atoms with Crippen LogP contribution in [-0.2, 0) is 24.3 Å². The van der Waals surface area contributed by atoms with Gasteiger partial charge in [0.15, 0.2) is 0 Å². The molecule has 4 aromatic carbocycles. The van der Waals surface area contributed by atoms with Crippen LogP contribution in [0.15, 0.2) is 213 Å². The van der Waals surface area contributed by atoms with Gasteiger partial charge in [0.25, 0.3) is 0 Å². The number of carbonyl (C=O) groups is 1. The zero-order chi connectivity index (χ0) is 37.3. The monoisotopic (exact) mass is 772 g/mol. The second-order valence-electron chi connectivity index (χ2n) is 13.2. The molecule has 0 spiro atoms. The van der Waals surface area contributed by atoms with Crippen LogP contribution in [0, 0.1) is 11.3 Å². The molecule has 56 heavy (non-hydrogen) atoms. The van der Waals surface area contributed by atoms with Crippen LogP contribution in [0.2, 0.25) is 0 Å². The summed E-state index contributed by atoms with van der Waals surface area (Å²) in [5, 5.41) is 19.9. The number of aromatic nitrogens is 1. The van der Waals surface area contributed by atoms with Crippen molar-refractivity contribution in [1.82, 2.24) is 4.98 Å². The minimum atomic E-state index is -1.32. The predicted octanol–water partition coefficient (Wildman–Crippen LogP) is 9.31. The first-order valence-electron chi connectivity index (χ1n) is 17.8. The molecule has 4 aliphatic heterocycles. The maximum Gasteiger partial charge on any atom is 0.346 e. The molecule has 5 aromatic rings. The third-order valence-corrected chi connectivity index (χ3v) is 9.84. The first-order chi connectivity index (χ1) is 27.1. The molecule has 8 bridgehead atoms. The van der Waals surface area contributed by atoms with Gasteiger partial charge in [0.2, 0.25) is 0 Å². The van der Waals surface area contributed by atoms with E-state index in [4.69, 9.17) is 20.0 Å². The predicted molar refractivity (Wildman–Crippen MR) is 217 cm³/mol. The first-order valence-corrected chi connectivity index (χ1v) is 17.8. The number of fused-ring (bicyclic) bond motifs is 5. The minimum Gasteiger partial charge on any atom is -0.660 e. The molecular weight excluding hydrogens is 744 g/mol. The van der Waals surface area contributed by atoms with Gasteiger partial charge in [-0.2, -0.15) is 5.26 Å². The van der Waals surface area contributed by atoms with Crippen molar-refractivity contribution in [2.75, 3.05) is 0 Å². The Labute approximate surface area is 336 Å². The van der Waals surface area contributed by atoms with E-state index in [1.54, 1.807) is 0 Å². The molecule has 0 saturated heterocycles. The van der Waals surface area contributed by atoms with Crippen molar-refractivity contribution < 1.29 is 29.4 Å². The number of hydrogen-bond donors (Lipinski definition) is 1. The number of carboxylic acids is 1. The maximum atomic E-state index is 12.3. The number of hydrogen-bond acceptors (Lipinski definition) is 5. The van der Waals surface area contributed by atoms with Crippen molar-refractivity contribution in [2.45, 2.75) is 5.92 Å². The van der Waals surface area contributed by atoms with Gasteiger partial charge in [-0.15, -0.1) is 11.4 Å². The molecule has 0 aliphatic carbocycles. The second-order valence-corrected chi connectivity index (χ2v) is 13.2. The molecule has 1 aromatic heterocycles. The minimum absolute atomic E-state index is 0. The number of carboxylic acid groups (broad SMARTS) is 1. The van der Waals surface area contributed by atoms with Gasteiger partial charge in [-0.3, -0.25) is 4.99 Å². The van der Waals surface area contributed by atoms with E-state index in [9.17, 15) is 15.2 Å². The van der Waals surface area contributed by atoms with E-state index in [1.165, 1.54) is 6.08 Å². The number of rotatable bonds is 6. The molecule has 262 valence electrons. The average molecular weight is 774 g/mol. The van der Waals surface area contributed by atoms with E-state index in [0.717, 1.165) is 56.2 Å². The van der Waals surface area contributed by atoms with Crippen LogP contribution in [-0.4, -0.2) is 28.2 Å². The smallest absolute Gasteiger partial charge is 0.346 e. The number of aliphatic carboxylic acids is 1. The van der Waals surface area contributed by atoms with Crippen LogP contribution in [0.3, 0.4) is 0 Å². The van der Waals surface area contributed by atoms with Gasteiger partial charge in [-0.25, -0.2) is 14.8 Å². The fraction of sp³-hybridized carbons (Fsp3) is 0.0208. The van der Waals surface area contributed by atoms with Gasteiger partial charge in [-0.1, -0.05) is 133 Å². The third-order valence-electron chi connectivity index (χ3n) is 9.84. The standard InChI is InChI=1S/C48H31N5O2.Zn/c49-29-35(48(54)55)27-34-28-42-45(32-17-9-3-10-18-32)40-24-23-38(51-40)43(30-13-5-1-6-14-30)36-21-22-37(50-36)44(31-15-7-2-8-16-31)39-25-26-41(52-39)46(47(34)53-42)33-19-11-4-12-20-33;/h1-28,43H,(H2,50,51,52,53,54,55);/p-1. The van der Waals surface area contributed by atoms with Gasteiger partial charge >= 0.3 is 5.97 Å². The number of nitriles is 1. The molecule has 0 radical (unpaired) electrons. The van der Waals surface area contributed by atoms with Crippen molar-refractivity contribution in [3.8, 4) is 6.07 Å². The van der Waals surface area contributed by atoms with Gasteiger partial charge in [-0.05, 0) is 64.3 Å². The summed E-state index contributed by atoms with van der Waals surface area (Å²) in [6.07, 6.45) is 11.2. The SMILES string of the molecule is N#CC(=CC1=CC2=NC/1=C(/c1ccccc1)C1=NC(=C(c3ccccc3)c3ccc([n-]3)C(c3ccccc3)C3=N/C(=C\2c2ccccc2)C=C3)C=C1)C(=O)O.[Zn]. The Morgan fingerprint density at radius 2 is 1.21 bits per heavy atom. The number of aliphatic imine (C=N–C) groups is 3. The van der Waals surface area contributed by atoms with E-state index in [2.05, 4.69) is 36.4 Å². The summed E-state index contributed by atoms with van der Waals surface area (Å²) in [6.45, 7) is 0. The van der Waals surface area contributed by atoms with Crippen LogP contribution < -0.4 is 4.98 Å². The average Bonchev–Trinajstić information content (AvgIpc) is 4.06. The topological polar surface area (TPSA) is 112 Å². The van der Waals surface area contributed by atoms with Gasteiger partial charge in [0.05, 0.1) is 34.2 Å². The quantitative estimate of drug-likeness (QED) is 0.105. The molecule has 9 rings (SSSR count). The van der Waals surface area contributed by atoms with Gasteiger partial charge in [0.1, 0.15) is 11.6 Å². The van der Waals surface area contributed by atoms with Crippen LogP contribution in [0.5, 0.6) is 0 Å².